The van der Waals surface area contributed by atoms with E-state index in [1.54, 1.807) is 12.2 Å². The first-order valence-electron chi connectivity index (χ1n) is 22.0. The quantitative estimate of drug-likeness (QED) is 0.0208. The maximum absolute atomic E-state index is 12.7. The van der Waals surface area contributed by atoms with E-state index in [2.05, 4.69) is 62.5 Å². The topological polar surface area (TPSA) is 146 Å². The van der Waals surface area contributed by atoms with Crippen LogP contribution in [0.25, 0.3) is 0 Å². The van der Waals surface area contributed by atoms with Gasteiger partial charge in [-0.25, -0.2) is 4.57 Å². The molecule has 0 aromatic rings. The fourth-order valence-electron chi connectivity index (χ4n) is 5.80. The molecular formula is C48H77NO10P+. The van der Waals surface area contributed by atoms with Crippen molar-refractivity contribution >= 4 is 25.5 Å². The Morgan fingerprint density at radius 2 is 1.37 bits per heavy atom. The van der Waals surface area contributed by atoms with E-state index in [1.807, 2.05) is 57.6 Å². The van der Waals surface area contributed by atoms with Crippen molar-refractivity contribution in [1.29, 1.82) is 0 Å². The van der Waals surface area contributed by atoms with Crippen molar-refractivity contribution in [2.45, 2.75) is 129 Å². The van der Waals surface area contributed by atoms with E-state index in [9.17, 15) is 28.9 Å². The zero-order valence-corrected chi connectivity index (χ0v) is 38.1. The fraction of sp³-hybridized carbons (Fsp3) is 0.604. The molecule has 5 atom stereocenters. The van der Waals surface area contributed by atoms with E-state index in [0.717, 1.165) is 51.4 Å². The molecule has 11 nitrogen and oxygen atoms in total. The molecule has 338 valence electrons. The molecule has 0 amide bonds. The highest BCUT2D eigenvalue weighted by Gasteiger charge is 2.28. The molecule has 1 aliphatic carbocycles. The van der Waals surface area contributed by atoms with Crippen LogP contribution in [0.4, 0.5) is 0 Å². The van der Waals surface area contributed by atoms with Gasteiger partial charge in [-0.1, -0.05) is 124 Å². The van der Waals surface area contributed by atoms with Gasteiger partial charge in [-0.2, -0.15) is 0 Å². The van der Waals surface area contributed by atoms with Crippen LogP contribution in [0.5, 0.6) is 0 Å². The van der Waals surface area contributed by atoms with Crippen molar-refractivity contribution in [1.82, 2.24) is 0 Å². The van der Waals surface area contributed by atoms with E-state index in [4.69, 9.17) is 18.5 Å². The minimum absolute atomic E-state index is 0.0165. The summed E-state index contributed by atoms with van der Waals surface area (Å²) in [6.45, 7) is 3.88. The number of quaternary nitrogens is 1. The van der Waals surface area contributed by atoms with Gasteiger partial charge in [0.25, 0.3) is 0 Å². The van der Waals surface area contributed by atoms with E-state index in [-0.39, 0.29) is 43.7 Å². The number of aliphatic hydroxyl groups excluding tert-OH is 1. The summed E-state index contributed by atoms with van der Waals surface area (Å²) in [6.07, 6.45) is 42.4. The van der Waals surface area contributed by atoms with Gasteiger partial charge >= 0.3 is 19.8 Å². The van der Waals surface area contributed by atoms with Gasteiger partial charge < -0.3 is 24.0 Å². The van der Waals surface area contributed by atoms with E-state index in [0.29, 0.717) is 49.6 Å². The van der Waals surface area contributed by atoms with Crippen LogP contribution >= 0.6 is 7.82 Å². The van der Waals surface area contributed by atoms with Gasteiger partial charge in [0.2, 0.25) is 0 Å². The van der Waals surface area contributed by atoms with Crippen LogP contribution in [0.15, 0.2) is 97.2 Å². The summed E-state index contributed by atoms with van der Waals surface area (Å²) in [5.41, 5.74) is 0. The van der Waals surface area contributed by atoms with Crippen LogP contribution < -0.4 is 0 Å². The monoisotopic (exact) mass is 859 g/mol. The number of unbranched alkanes of at least 4 members (excludes halogenated alkanes) is 4. The maximum Gasteiger partial charge on any atom is 0.472 e. The lowest BCUT2D eigenvalue weighted by atomic mass is 9.90. The molecule has 0 spiro atoms. The summed E-state index contributed by atoms with van der Waals surface area (Å²) in [7, 11) is 1.31. The van der Waals surface area contributed by atoms with Crippen LogP contribution in [-0.4, -0.2) is 91.9 Å². The number of ether oxygens (including phenoxy) is 2. The summed E-state index contributed by atoms with van der Waals surface area (Å²) in [5.74, 6) is -1.25. The fourth-order valence-corrected chi connectivity index (χ4v) is 6.54. The molecule has 0 aromatic heterocycles. The van der Waals surface area contributed by atoms with Gasteiger partial charge in [-0.15, -0.1) is 0 Å². The van der Waals surface area contributed by atoms with Crippen LogP contribution in [0.2, 0.25) is 0 Å². The summed E-state index contributed by atoms with van der Waals surface area (Å²) < 4.78 is 34.2. The number of phosphoric acid groups is 1. The van der Waals surface area contributed by atoms with Gasteiger partial charge in [0.1, 0.15) is 19.8 Å². The molecule has 0 aliphatic heterocycles. The second kappa shape index (κ2) is 34.2. The standard InChI is InChI=1S/C48H76NO10P/c1-6-8-10-11-12-13-14-15-16-17-18-19-20-21-22-23-29-33-48(53)59-44(41-58-60(54,55)57-39-38-49(3,4)5)40-56-47(52)32-28-25-24-27-30-42-34-37-46(51)45(42)36-35-43(50)31-26-9-7-2/h8,10,12-13,15-16,18-19,21-22,24,27,34-37,42-45,50H,6-7,9,11,14,17,20,23,25-26,28-33,38-41H2,1-5H3/p+1/b10-8-,13-12-,16-15-,19-18-,22-21-,27-24-,36-35+/t42-,43-,44+,45+/m0/s1. The summed E-state index contributed by atoms with van der Waals surface area (Å²) >= 11 is 0. The van der Waals surface area contributed by atoms with Crippen LogP contribution in [0, 0.1) is 11.8 Å². The predicted octanol–water partition coefficient (Wildman–Crippen LogP) is 10.2. The molecule has 1 unspecified atom stereocenters. The maximum atomic E-state index is 12.7. The zero-order valence-electron chi connectivity index (χ0n) is 37.2. The third kappa shape index (κ3) is 31.4. The lowest BCUT2D eigenvalue weighted by Crippen LogP contribution is -2.37. The Morgan fingerprint density at radius 1 is 0.783 bits per heavy atom. The molecule has 0 fully saturated rings. The van der Waals surface area contributed by atoms with Gasteiger partial charge in [0.05, 0.1) is 33.9 Å². The molecule has 0 bridgehead atoms. The average molecular weight is 859 g/mol. The second-order valence-electron chi connectivity index (χ2n) is 16.0. The number of allylic oxidation sites excluding steroid dienone is 15. The Bertz CT molecular complexity index is 1490. The van der Waals surface area contributed by atoms with Crippen LogP contribution in [0.1, 0.15) is 117 Å². The molecule has 2 N–H and O–H groups in total. The van der Waals surface area contributed by atoms with E-state index in [1.165, 1.54) is 0 Å². The number of nitrogens with zero attached hydrogens (tertiary/aromatic N) is 1. The largest absolute Gasteiger partial charge is 0.472 e. The van der Waals surface area contributed by atoms with E-state index >= 15 is 0 Å². The Hall–Kier alpha value is -3.44. The third-order valence-electron chi connectivity index (χ3n) is 9.35. The lowest BCUT2D eigenvalue weighted by Gasteiger charge is -2.24. The molecule has 0 heterocycles. The molecule has 12 heteroatoms. The molecule has 60 heavy (non-hydrogen) atoms. The first-order valence-corrected chi connectivity index (χ1v) is 23.5. The number of esters is 2. The van der Waals surface area contributed by atoms with Crippen molar-refractivity contribution in [2.75, 3.05) is 47.5 Å². The zero-order chi connectivity index (χ0) is 44.3. The number of carbonyl (C=O) groups is 3. The number of likely N-dealkylation sites (N-methyl/N-ethyl adjacent to an activating group) is 1. The van der Waals surface area contributed by atoms with Crippen molar-refractivity contribution in [3.05, 3.63) is 97.2 Å². The SMILES string of the molecule is CC/C=C\C/C=C\C/C=C\C/C=C\C/C=C\CCCC(=O)O[C@H](COC(=O)CCC/C=C\C[C@H]1C=CC(=O)[C@@H]1/C=C/[C@@H](O)CCCCC)COP(=O)(O)OCC[N+](C)(C)C. The van der Waals surface area contributed by atoms with Crippen molar-refractivity contribution in [3.63, 3.8) is 0 Å². The van der Waals surface area contributed by atoms with Gasteiger partial charge in [0.15, 0.2) is 11.9 Å². The number of hydrogen-bond donors (Lipinski definition) is 2. The molecule has 0 aromatic carbocycles. The molecule has 1 rings (SSSR count). The molecule has 1 aliphatic rings. The number of ketones is 1. The normalized spacial score (nSPS) is 18.4. The minimum atomic E-state index is -4.45. The summed E-state index contributed by atoms with van der Waals surface area (Å²) in [5, 5.41) is 10.2. The highest BCUT2D eigenvalue weighted by Crippen LogP contribution is 2.43. The number of phosphoric ester groups is 1. The Kier molecular flexibility index (Phi) is 31.1. The molecule has 0 saturated carbocycles. The molecular weight excluding hydrogens is 781 g/mol. The van der Waals surface area contributed by atoms with Crippen molar-refractivity contribution in [2.24, 2.45) is 11.8 Å². The summed E-state index contributed by atoms with van der Waals surface area (Å²) in [6, 6.07) is 0. The predicted molar refractivity (Wildman–Crippen MR) is 242 cm³/mol. The number of aliphatic hydroxyl groups is 1. The highest BCUT2D eigenvalue weighted by molar-refractivity contribution is 7.47. The Labute approximate surface area is 361 Å². The Morgan fingerprint density at radius 3 is 1.97 bits per heavy atom. The number of carbonyl (C=O) groups excluding carboxylic acids is 3. The van der Waals surface area contributed by atoms with Gasteiger partial charge in [-0.3, -0.25) is 23.4 Å². The van der Waals surface area contributed by atoms with Crippen LogP contribution in [-0.2, 0) is 37.5 Å². The smallest absolute Gasteiger partial charge is 0.462 e. The second-order valence-corrected chi connectivity index (χ2v) is 17.5. The number of rotatable bonds is 35. The minimum Gasteiger partial charge on any atom is -0.462 e. The van der Waals surface area contributed by atoms with Crippen molar-refractivity contribution in [3.8, 4) is 0 Å². The summed E-state index contributed by atoms with van der Waals surface area (Å²) in [4.78, 5) is 47.9. The molecule has 0 radical (unpaired) electrons. The average Bonchev–Trinajstić information content (AvgIpc) is 3.55. The van der Waals surface area contributed by atoms with Gasteiger partial charge in [0, 0.05) is 18.8 Å². The third-order valence-corrected chi connectivity index (χ3v) is 10.3. The number of hydrogen-bond acceptors (Lipinski definition) is 9. The highest BCUT2D eigenvalue weighted by atomic mass is 31.2. The van der Waals surface area contributed by atoms with Gasteiger partial charge in [-0.05, 0) is 82.6 Å². The first-order chi connectivity index (χ1) is 28.8. The molecule has 0 saturated heterocycles. The van der Waals surface area contributed by atoms with Crippen LogP contribution in [0.3, 0.4) is 0 Å². The Balaban J connectivity index is 2.52. The van der Waals surface area contributed by atoms with E-state index < -0.39 is 38.6 Å². The first kappa shape index (κ1) is 54.6. The van der Waals surface area contributed by atoms with Crippen molar-refractivity contribution < 1.29 is 52.0 Å². The lowest BCUT2D eigenvalue weighted by molar-refractivity contribution is -0.870.